The number of furan rings is 1. The topological polar surface area (TPSA) is 68.5 Å². The fourth-order valence-electron chi connectivity index (χ4n) is 3.33. The van der Waals surface area contributed by atoms with Gasteiger partial charge < -0.3 is 14.5 Å². The molecule has 1 heterocycles. The minimum Gasteiger partial charge on any atom is -0.464 e. The average molecular weight is 408 g/mol. The normalized spacial score (nSPS) is 11.9. The maximum Gasteiger partial charge on any atom is 0.328 e. The molecule has 0 aliphatic carbocycles. The van der Waals surface area contributed by atoms with Gasteiger partial charge >= 0.3 is 5.97 Å². The Bertz CT molecular complexity index is 527. The number of carbonyl (C=O) groups excluding carboxylic acids is 2. The third-order valence-electron chi connectivity index (χ3n) is 5.19. The van der Waals surface area contributed by atoms with Crippen LogP contribution in [-0.2, 0) is 9.53 Å². The first-order chi connectivity index (χ1) is 14.1. The standard InChI is InChI=1S/C24H41NO4/c1-3-4-5-6-7-8-9-10-11-12-13-14-15-16-19-29-24(27)21(2)25-23(26)22-18-17-20-28-22/h17-18,20-21H,3-16,19H2,1-2H3,(H,25,26)/t21-/m0/s1. The van der Waals surface area contributed by atoms with Gasteiger partial charge in [-0.3, -0.25) is 4.79 Å². The largest absolute Gasteiger partial charge is 0.464 e. The first-order valence-electron chi connectivity index (χ1n) is 11.7. The van der Waals surface area contributed by atoms with Crippen LogP contribution in [0.25, 0.3) is 0 Å². The van der Waals surface area contributed by atoms with E-state index in [0.717, 1.165) is 12.8 Å². The monoisotopic (exact) mass is 407 g/mol. The molecule has 0 spiro atoms. The van der Waals surface area contributed by atoms with Gasteiger partial charge in [-0.2, -0.15) is 0 Å². The lowest BCUT2D eigenvalue weighted by Crippen LogP contribution is -2.39. The van der Waals surface area contributed by atoms with Gasteiger partial charge in [-0.15, -0.1) is 0 Å². The van der Waals surface area contributed by atoms with Gasteiger partial charge in [-0.05, 0) is 25.5 Å². The van der Waals surface area contributed by atoms with Gasteiger partial charge in [0.1, 0.15) is 6.04 Å². The predicted molar refractivity (Wildman–Crippen MR) is 117 cm³/mol. The number of nitrogens with one attached hydrogen (secondary N) is 1. The number of hydrogen-bond donors (Lipinski definition) is 1. The highest BCUT2D eigenvalue weighted by Gasteiger charge is 2.19. The number of unbranched alkanes of at least 4 members (excludes halogenated alkanes) is 13. The molecule has 1 aromatic heterocycles. The van der Waals surface area contributed by atoms with Crippen molar-refractivity contribution in [3.8, 4) is 0 Å². The van der Waals surface area contributed by atoms with Crippen LogP contribution >= 0.6 is 0 Å². The van der Waals surface area contributed by atoms with Crippen molar-refractivity contribution in [2.45, 2.75) is 110 Å². The van der Waals surface area contributed by atoms with Gasteiger partial charge in [-0.1, -0.05) is 90.4 Å². The van der Waals surface area contributed by atoms with Crippen LogP contribution in [0.15, 0.2) is 22.8 Å². The van der Waals surface area contributed by atoms with Gasteiger partial charge in [0.05, 0.1) is 12.9 Å². The van der Waals surface area contributed by atoms with E-state index in [1.807, 2.05) is 0 Å². The zero-order valence-electron chi connectivity index (χ0n) is 18.5. The molecule has 0 unspecified atom stereocenters. The Kier molecular flexibility index (Phi) is 14.9. The molecule has 5 nitrogen and oxygen atoms in total. The molecular weight excluding hydrogens is 366 g/mol. The molecule has 0 fully saturated rings. The summed E-state index contributed by atoms with van der Waals surface area (Å²) in [4.78, 5) is 23.7. The third kappa shape index (κ3) is 13.1. The highest BCUT2D eigenvalue weighted by Crippen LogP contribution is 2.13. The fraction of sp³-hybridized carbons (Fsp3) is 0.750. The molecule has 166 valence electrons. The molecule has 0 aliphatic heterocycles. The van der Waals surface area contributed by atoms with Crippen LogP contribution in [0, 0.1) is 0 Å². The summed E-state index contributed by atoms with van der Waals surface area (Å²) in [7, 11) is 0. The second kappa shape index (κ2) is 17.1. The zero-order valence-corrected chi connectivity index (χ0v) is 18.5. The number of ether oxygens (including phenoxy) is 1. The van der Waals surface area contributed by atoms with Gasteiger partial charge in [-0.25, -0.2) is 4.79 Å². The lowest BCUT2D eigenvalue weighted by atomic mass is 10.0. The molecule has 1 rings (SSSR count). The second-order valence-electron chi connectivity index (χ2n) is 7.94. The molecule has 0 bridgehead atoms. The smallest absolute Gasteiger partial charge is 0.328 e. The summed E-state index contributed by atoms with van der Waals surface area (Å²) in [5.41, 5.74) is 0. The van der Waals surface area contributed by atoms with Crippen LogP contribution in [0.4, 0.5) is 0 Å². The minimum absolute atomic E-state index is 0.191. The molecule has 0 saturated carbocycles. The first-order valence-corrected chi connectivity index (χ1v) is 11.7. The summed E-state index contributed by atoms with van der Waals surface area (Å²) >= 11 is 0. The van der Waals surface area contributed by atoms with E-state index in [0.29, 0.717) is 6.61 Å². The van der Waals surface area contributed by atoms with Crippen LogP contribution in [-0.4, -0.2) is 24.5 Å². The quantitative estimate of drug-likeness (QED) is 0.225. The maximum absolute atomic E-state index is 11.9. The Balaban J connectivity index is 1.86. The predicted octanol–water partition coefficient (Wildman–Crippen LogP) is 6.42. The second-order valence-corrected chi connectivity index (χ2v) is 7.94. The van der Waals surface area contributed by atoms with E-state index < -0.39 is 17.9 Å². The van der Waals surface area contributed by atoms with E-state index in [9.17, 15) is 9.59 Å². The Morgan fingerprint density at radius 2 is 1.41 bits per heavy atom. The van der Waals surface area contributed by atoms with Gasteiger partial charge in [0.15, 0.2) is 5.76 Å². The van der Waals surface area contributed by atoms with Gasteiger partial charge in [0.25, 0.3) is 5.91 Å². The van der Waals surface area contributed by atoms with E-state index in [1.54, 1.807) is 19.1 Å². The number of hydrogen-bond acceptors (Lipinski definition) is 4. The van der Waals surface area contributed by atoms with E-state index in [-0.39, 0.29) is 5.76 Å². The fourth-order valence-corrected chi connectivity index (χ4v) is 3.33. The molecule has 0 aromatic carbocycles. The van der Waals surface area contributed by atoms with Gasteiger partial charge in [0, 0.05) is 0 Å². The van der Waals surface area contributed by atoms with E-state index in [4.69, 9.17) is 9.15 Å². The Labute approximate surface area is 177 Å². The van der Waals surface area contributed by atoms with E-state index >= 15 is 0 Å². The first kappa shape index (κ1) is 25.3. The summed E-state index contributed by atoms with van der Waals surface area (Å²) in [6.45, 7) is 4.30. The van der Waals surface area contributed by atoms with Crippen LogP contribution in [0.5, 0.6) is 0 Å². The Morgan fingerprint density at radius 1 is 0.897 bits per heavy atom. The SMILES string of the molecule is CCCCCCCCCCCCCCCCOC(=O)[C@H](C)NC(=O)c1ccco1. The minimum atomic E-state index is -0.681. The highest BCUT2D eigenvalue weighted by molar-refractivity contribution is 5.94. The lowest BCUT2D eigenvalue weighted by molar-refractivity contribution is -0.145. The number of esters is 1. The lowest BCUT2D eigenvalue weighted by Gasteiger charge is -2.12. The zero-order chi connectivity index (χ0) is 21.2. The Hall–Kier alpha value is -1.78. The Morgan fingerprint density at radius 3 is 1.90 bits per heavy atom. The number of amides is 1. The van der Waals surface area contributed by atoms with E-state index in [2.05, 4.69) is 12.2 Å². The highest BCUT2D eigenvalue weighted by atomic mass is 16.5. The molecule has 0 saturated heterocycles. The van der Waals surface area contributed by atoms with Crippen LogP contribution in [0.1, 0.15) is 114 Å². The van der Waals surface area contributed by atoms with Crippen molar-refractivity contribution in [2.75, 3.05) is 6.61 Å². The molecule has 1 atom stereocenters. The van der Waals surface area contributed by atoms with E-state index in [1.165, 1.54) is 83.3 Å². The summed E-state index contributed by atoms with van der Waals surface area (Å²) in [5.74, 6) is -0.618. The average Bonchev–Trinajstić information content (AvgIpc) is 3.25. The van der Waals surface area contributed by atoms with Crippen molar-refractivity contribution >= 4 is 11.9 Å². The van der Waals surface area contributed by atoms with Crippen molar-refractivity contribution in [2.24, 2.45) is 0 Å². The molecule has 1 aromatic rings. The summed E-state index contributed by atoms with van der Waals surface area (Å²) < 4.78 is 10.2. The molecular formula is C24H41NO4. The third-order valence-corrected chi connectivity index (χ3v) is 5.19. The maximum atomic E-state index is 11.9. The van der Waals surface area contributed by atoms with Crippen molar-refractivity contribution in [1.29, 1.82) is 0 Å². The molecule has 0 radical (unpaired) electrons. The van der Waals surface area contributed by atoms with Crippen molar-refractivity contribution in [3.05, 3.63) is 24.2 Å². The number of rotatable bonds is 18. The molecule has 0 aliphatic rings. The summed E-state index contributed by atoms with van der Waals surface area (Å²) in [5, 5.41) is 2.58. The van der Waals surface area contributed by atoms with Crippen LogP contribution in [0.3, 0.4) is 0 Å². The van der Waals surface area contributed by atoms with Crippen LogP contribution in [0.2, 0.25) is 0 Å². The van der Waals surface area contributed by atoms with Crippen LogP contribution < -0.4 is 5.32 Å². The summed E-state index contributed by atoms with van der Waals surface area (Å²) in [6, 6.07) is 2.51. The van der Waals surface area contributed by atoms with Crippen molar-refractivity contribution in [3.63, 3.8) is 0 Å². The molecule has 29 heavy (non-hydrogen) atoms. The van der Waals surface area contributed by atoms with Crippen molar-refractivity contribution in [1.82, 2.24) is 5.32 Å². The number of carbonyl (C=O) groups is 2. The van der Waals surface area contributed by atoms with Gasteiger partial charge in [0.2, 0.25) is 0 Å². The molecule has 5 heteroatoms. The molecule has 1 N–H and O–H groups in total. The molecule has 1 amide bonds. The van der Waals surface area contributed by atoms with Crippen molar-refractivity contribution < 1.29 is 18.7 Å². The summed E-state index contributed by atoms with van der Waals surface area (Å²) in [6.07, 6.45) is 19.6.